The zero-order valence-electron chi connectivity index (χ0n) is 17.3. The van der Waals surface area contributed by atoms with Crippen molar-refractivity contribution in [1.82, 2.24) is 4.57 Å². The number of aromatic nitrogens is 1. The van der Waals surface area contributed by atoms with E-state index in [4.69, 9.17) is 5.73 Å². The number of carbonyl (C=O) groups excluding carboxylic acids is 1. The fourth-order valence-corrected chi connectivity index (χ4v) is 4.27. The molecule has 0 unspecified atom stereocenters. The Balaban J connectivity index is 1.63. The minimum absolute atomic E-state index is 0.214. The molecule has 5 heteroatoms. The van der Waals surface area contributed by atoms with Crippen molar-refractivity contribution in [2.24, 2.45) is 5.73 Å². The van der Waals surface area contributed by atoms with Gasteiger partial charge in [0.1, 0.15) is 0 Å². The molecule has 1 amide bonds. The number of nitrogens with one attached hydrogen (secondary N) is 1. The van der Waals surface area contributed by atoms with Gasteiger partial charge in [0, 0.05) is 35.7 Å². The quantitative estimate of drug-likeness (QED) is 0.577. The number of primary amides is 1. The minimum Gasteiger partial charge on any atom is -0.393 e. The molecule has 0 radical (unpaired) electrons. The average Bonchev–Trinajstić information content (AvgIpc) is 3.19. The van der Waals surface area contributed by atoms with Gasteiger partial charge in [-0.1, -0.05) is 24.3 Å². The van der Waals surface area contributed by atoms with Gasteiger partial charge in [0.25, 0.3) is 5.91 Å². The molecular weight excluding hydrogens is 374 g/mol. The topological polar surface area (TPSA) is 80.3 Å². The molecule has 0 saturated heterocycles. The molecule has 0 spiro atoms. The predicted octanol–water partition coefficient (Wildman–Crippen LogP) is 4.19. The lowest BCUT2D eigenvalue weighted by molar-refractivity contribution is 0.100. The summed E-state index contributed by atoms with van der Waals surface area (Å²) in [5, 5.41) is 13.3. The first-order valence-corrected chi connectivity index (χ1v) is 10.6. The highest BCUT2D eigenvalue weighted by molar-refractivity contribution is 5.99. The van der Waals surface area contributed by atoms with Crippen LogP contribution in [0.25, 0.3) is 5.69 Å². The summed E-state index contributed by atoms with van der Waals surface area (Å²) >= 11 is 0. The first-order chi connectivity index (χ1) is 14.5. The van der Waals surface area contributed by atoms with Gasteiger partial charge >= 0.3 is 0 Å². The Morgan fingerprint density at radius 2 is 1.87 bits per heavy atom. The number of nitrogens with two attached hydrogens (primary N) is 1. The standard InChI is InChI=1S/C25H29N3O2/c1-17-5-2-3-6-18(17)15-20-7-4-14-28(20)21-10-13-23(25(26)30)24(16-21)27-19-8-11-22(29)12-9-19/h2-7,10,13-14,16,19,22,27,29H,8-9,11-12,15H2,1H3,(H2,26,30)/t19-,22-. The third-order valence-electron chi connectivity index (χ3n) is 6.07. The molecule has 0 bridgehead atoms. The molecule has 4 N–H and O–H groups in total. The number of hydrogen-bond acceptors (Lipinski definition) is 3. The van der Waals surface area contributed by atoms with E-state index in [2.05, 4.69) is 47.1 Å². The molecule has 156 valence electrons. The summed E-state index contributed by atoms with van der Waals surface area (Å²) in [5.41, 5.74) is 11.6. The van der Waals surface area contributed by atoms with E-state index < -0.39 is 5.91 Å². The van der Waals surface area contributed by atoms with Crippen molar-refractivity contribution in [2.45, 2.75) is 51.2 Å². The van der Waals surface area contributed by atoms with Gasteiger partial charge in [0.2, 0.25) is 0 Å². The van der Waals surface area contributed by atoms with Crippen molar-refractivity contribution in [3.05, 3.63) is 83.2 Å². The maximum atomic E-state index is 12.0. The monoisotopic (exact) mass is 403 g/mol. The van der Waals surface area contributed by atoms with E-state index in [0.717, 1.165) is 43.5 Å². The van der Waals surface area contributed by atoms with Gasteiger partial charge in [-0.2, -0.15) is 0 Å². The molecule has 1 heterocycles. The van der Waals surface area contributed by atoms with Crippen LogP contribution in [0.4, 0.5) is 5.69 Å². The second kappa shape index (κ2) is 8.76. The third kappa shape index (κ3) is 4.41. The van der Waals surface area contributed by atoms with Crippen LogP contribution < -0.4 is 11.1 Å². The SMILES string of the molecule is Cc1ccccc1Cc1cccn1-c1ccc(C(N)=O)c(N[C@H]2CC[C@H](O)CC2)c1. The van der Waals surface area contributed by atoms with Crippen LogP contribution in [0, 0.1) is 6.92 Å². The molecular formula is C25H29N3O2. The summed E-state index contributed by atoms with van der Waals surface area (Å²) < 4.78 is 2.16. The Hall–Kier alpha value is -3.05. The normalized spacial score (nSPS) is 18.9. The Bertz CT molecular complexity index is 1030. The number of hydrogen-bond donors (Lipinski definition) is 3. The van der Waals surface area contributed by atoms with E-state index in [1.165, 1.54) is 16.8 Å². The Morgan fingerprint density at radius 3 is 2.60 bits per heavy atom. The first-order valence-electron chi connectivity index (χ1n) is 10.6. The molecule has 2 aromatic carbocycles. The summed E-state index contributed by atoms with van der Waals surface area (Å²) in [4.78, 5) is 12.0. The molecule has 1 aliphatic rings. The molecule has 1 aliphatic carbocycles. The van der Waals surface area contributed by atoms with Crippen LogP contribution in [0.5, 0.6) is 0 Å². The number of aliphatic hydroxyl groups is 1. The molecule has 1 aromatic heterocycles. The zero-order chi connectivity index (χ0) is 21.1. The van der Waals surface area contributed by atoms with E-state index >= 15 is 0 Å². The number of rotatable bonds is 6. The van der Waals surface area contributed by atoms with E-state index in [0.29, 0.717) is 5.56 Å². The van der Waals surface area contributed by atoms with Crippen molar-refractivity contribution in [1.29, 1.82) is 0 Å². The Morgan fingerprint density at radius 1 is 1.10 bits per heavy atom. The highest BCUT2D eigenvalue weighted by atomic mass is 16.3. The number of nitrogens with zero attached hydrogens (tertiary/aromatic N) is 1. The summed E-state index contributed by atoms with van der Waals surface area (Å²) in [6.07, 6.45) is 5.99. The van der Waals surface area contributed by atoms with Gasteiger partial charge in [-0.3, -0.25) is 4.79 Å². The minimum atomic E-state index is -0.437. The molecule has 1 fully saturated rings. The third-order valence-corrected chi connectivity index (χ3v) is 6.07. The molecule has 3 aromatic rings. The van der Waals surface area contributed by atoms with Crippen molar-refractivity contribution < 1.29 is 9.90 Å². The van der Waals surface area contributed by atoms with Crippen molar-refractivity contribution >= 4 is 11.6 Å². The number of aliphatic hydroxyl groups excluding tert-OH is 1. The van der Waals surface area contributed by atoms with Gasteiger partial charge in [-0.15, -0.1) is 0 Å². The Kier molecular flexibility index (Phi) is 5.91. The van der Waals surface area contributed by atoms with Crippen LogP contribution in [0.1, 0.15) is 52.9 Å². The van der Waals surface area contributed by atoms with Crippen LogP contribution in [0.3, 0.4) is 0 Å². The number of benzene rings is 2. The molecule has 30 heavy (non-hydrogen) atoms. The Labute approximate surface area is 177 Å². The van der Waals surface area contributed by atoms with Crippen LogP contribution in [-0.2, 0) is 6.42 Å². The van der Waals surface area contributed by atoms with Crippen LogP contribution in [-0.4, -0.2) is 27.7 Å². The molecule has 0 aliphatic heterocycles. The maximum absolute atomic E-state index is 12.0. The highest BCUT2D eigenvalue weighted by Gasteiger charge is 2.21. The number of aryl methyl sites for hydroxylation is 1. The van der Waals surface area contributed by atoms with E-state index in [9.17, 15) is 9.90 Å². The largest absolute Gasteiger partial charge is 0.393 e. The van der Waals surface area contributed by atoms with Gasteiger partial charge in [0.05, 0.1) is 11.7 Å². The average molecular weight is 404 g/mol. The lowest BCUT2D eigenvalue weighted by atomic mass is 9.92. The number of anilines is 1. The molecule has 1 saturated carbocycles. The number of amides is 1. The van der Waals surface area contributed by atoms with Crippen molar-refractivity contribution in [2.75, 3.05) is 5.32 Å². The first kappa shape index (κ1) is 20.2. The zero-order valence-corrected chi connectivity index (χ0v) is 17.3. The van der Waals surface area contributed by atoms with Gasteiger partial charge in [0.15, 0.2) is 0 Å². The van der Waals surface area contributed by atoms with Crippen molar-refractivity contribution in [3.8, 4) is 5.69 Å². The lowest BCUT2D eigenvalue weighted by Crippen LogP contribution is -2.29. The molecule has 0 atom stereocenters. The van der Waals surface area contributed by atoms with Gasteiger partial charge in [-0.25, -0.2) is 0 Å². The summed E-state index contributed by atoms with van der Waals surface area (Å²) in [7, 11) is 0. The van der Waals surface area contributed by atoms with E-state index in [1.807, 2.05) is 24.4 Å². The fourth-order valence-electron chi connectivity index (χ4n) is 4.27. The molecule has 4 rings (SSSR count). The second-order valence-corrected chi connectivity index (χ2v) is 8.22. The summed E-state index contributed by atoms with van der Waals surface area (Å²) in [6.45, 7) is 2.13. The van der Waals surface area contributed by atoms with Gasteiger partial charge < -0.3 is 20.7 Å². The van der Waals surface area contributed by atoms with Crippen LogP contribution in [0.2, 0.25) is 0 Å². The van der Waals surface area contributed by atoms with Crippen LogP contribution >= 0.6 is 0 Å². The van der Waals surface area contributed by atoms with Gasteiger partial charge in [-0.05, 0) is 74.1 Å². The lowest BCUT2D eigenvalue weighted by Gasteiger charge is -2.28. The second-order valence-electron chi connectivity index (χ2n) is 8.22. The summed E-state index contributed by atoms with van der Waals surface area (Å²) in [5.74, 6) is -0.437. The highest BCUT2D eigenvalue weighted by Crippen LogP contribution is 2.27. The smallest absolute Gasteiger partial charge is 0.250 e. The summed E-state index contributed by atoms with van der Waals surface area (Å²) in [6, 6.07) is 18.6. The van der Waals surface area contributed by atoms with Crippen LogP contribution in [0.15, 0.2) is 60.8 Å². The fraction of sp³-hybridized carbons (Fsp3) is 0.320. The van der Waals surface area contributed by atoms with Crippen molar-refractivity contribution in [3.63, 3.8) is 0 Å². The maximum Gasteiger partial charge on any atom is 0.250 e. The van der Waals surface area contributed by atoms with E-state index in [-0.39, 0.29) is 12.1 Å². The number of carbonyl (C=O) groups is 1. The van der Waals surface area contributed by atoms with E-state index in [1.54, 1.807) is 6.07 Å². The predicted molar refractivity (Wildman–Crippen MR) is 120 cm³/mol. The molecule has 5 nitrogen and oxygen atoms in total.